The summed E-state index contributed by atoms with van der Waals surface area (Å²) < 4.78 is 1.45. The molecule has 0 saturated heterocycles. The molecular formula is C13H12N6O. The van der Waals surface area contributed by atoms with Crippen LogP contribution in [0, 0.1) is 0 Å². The number of aromatic amines is 1. The zero-order valence-corrected chi connectivity index (χ0v) is 10.8. The number of nitrogens with zero attached hydrogens (tertiary/aromatic N) is 5. The van der Waals surface area contributed by atoms with Crippen LogP contribution in [0.15, 0.2) is 41.5 Å². The highest BCUT2D eigenvalue weighted by molar-refractivity contribution is 5.50. The molecule has 0 bridgehead atoms. The first kappa shape index (κ1) is 12.2. The second kappa shape index (κ2) is 5.04. The second-order valence-corrected chi connectivity index (χ2v) is 4.09. The van der Waals surface area contributed by atoms with Gasteiger partial charge in [0.1, 0.15) is 17.3 Å². The fourth-order valence-corrected chi connectivity index (χ4v) is 1.91. The minimum atomic E-state index is -0.305. The first-order valence-electron chi connectivity index (χ1n) is 6.20. The maximum atomic E-state index is 11.8. The molecule has 0 spiro atoms. The highest BCUT2D eigenvalue weighted by atomic mass is 16.1. The molecule has 7 nitrogen and oxygen atoms in total. The molecule has 0 fully saturated rings. The summed E-state index contributed by atoms with van der Waals surface area (Å²) >= 11 is 0. The number of nitrogens with one attached hydrogen (secondary N) is 1. The minimum Gasteiger partial charge on any atom is -0.246 e. The maximum absolute atomic E-state index is 11.8. The maximum Gasteiger partial charge on any atom is 0.349 e. The Morgan fingerprint density at radius 1 is 1.20 bits per heavy atom. The fourth-order valence-electron chi connectivity index (χ4n) is 1.91. The molecule has 3 heterocycles. The summed E-state index contributed by atoms with van der Waals surface area (Å²) in [6, 6.07) is 7.11. The molecule has 0 atom stereocenters. The molecular weight excluding hydrogens is 256 g/mol. The van der Waals surface area contributed by atoms with Crippen LogP contribution in [0.2, 0.25) is 0 Å². The number of H-pyrrole nitrogens is 1. The Hall–Kier alpha value is -2.83. The smallest absolute Gasteiger partial charge is 0.246 e. The molecule has 0 amide bonds. The normalized spacial score (nSPS) is 10.7. The molecule has 100 valence electrons. The average Bonchev–Trinajstić information content (AvgIpc) is 2.89. The van der Waals surface area contributed by atoms with E-state index in [-0.39, 0.29) is 5.69 Å². The van der Waals surface area contributed by atoms with Crippen LogP contribution in [0.1, 0.15) is 12.7 Å². The molecule has 3 rings (SSSR count). The summed E-state index contributed by atoms with van der Waals surface area (Å²) in [4.78, 5) is 24.6. The van der Waals surface area contributed by atoms with Crippen molar-refractivity contribution in [3.8, 4) is 17.3 Å². The number of aryl methyl sites for hydroxylation is 1. The van der Waals surface area contributed by atoms with Gasteiger partial charge in [0.2, 0.25) is 0 Å². The van der Waals surface area contributed by atoms with Gasteiger partial charge in [-0.3, -0.25) is 0 Å². The Balaban J connectivity index is 2.13. The number of hydrogen-bond donors (Lipinski definition) is 1. The van der Waals surface area contributed by atoms with Gasteiger partial charge in [0.15, 0.2) is 5.82 Å². The van der Waals surface area contributed by atoms with Crippen molar-refractivity contribution in [1.29, 1.82) is 0 Å². The number of aromatic nitrogens is 6. The van der Waals surface area contributed by atoms with Crippen molar-refractivity contribution in [3.63, 3.8) is 0 Å². The highest BCUT2D eigenvalue weighted by Crippen LogP contribution is 2.13. The van der Waals surface area contributed by atoms with Crippen molar-refractivity contribution in [3.05, 3.63) is 53.0 Å². The summed E-state index contributed by atoms with van der Waals surface area (Å²) in [5, 5.41) is 6.40. The van der Waals surface area contributed by atoms with E-state index in [4.69, 9.17) is 0 Å². The van der Waals surface area contributed by atoms with Crippen molar-refractivity contribution >= 4 is 0 Å². The van der Waals surface area contributed by atoms with E-state index in [0.29, 0.717) is 29.6 Å². The fraction of sp³-hybridized carbons (Fsp3) is 0.154. The third-order valence-electron chi connectivity index (χ3n) is 2.82. The summed E-state index contributed by atoms with van der Waals surface area (Å²) in [7, 11) is 0. The molecule has 1 N–H and O–H groups in total. The summed E-state index contributed by atoms with van der Waals surface area (Å²) in [5.41, 5.74) is 0.304. The Kier molecular flexibility index (Phi) is 3.08. The molecule has 0 aliphatic rings. The van der Waals surface area contributed by atoms with Gasteiger partial charge in [0, 0.05) is 18.8 Å². The lowest BCUT2D eigenvalue weighted by Gasteiger charge is -2.05. The van der Waals surface area contributed by atoms with Gasteiger partial charge < -0.3 is 0 Å². The standard InChI is InChI=1S/C13H12N6O/c1-2-10-17-18-13(20)19(10)11-6-3-5-9(16-11)12-14-7-4-8-15-12/h3-8H,2H2,1H3,(H,18,20). The monoisotopic (exact) mass is 268 g/mol. The van der Waals surface area contributed by atoms with Crippen molar-refractivity contribution < 1.29 is 0 Å². The molecule has 3 aromatic heterocycles. The van der Waals surface area contributed by atoms with Gasteiger partial charge in [-0.1, -0.05) is 13.0 Å². The van der Waals surface area contributed by atoms with Gasteiger partial charge in [-0.25, -0.2) is 29.4 Å². The quantitative estimate of drug-likeness (QED) is 0.764. The van der Waals surface area contributed by atoms with Gasteiger partial charge >= 0.3 is 5.69 Å². The minimum absolute atomic E-state index is 0.305. The molecule has 0 aliphatic carbocycles. The van der Waals surface area contributed by atoms with E-state index >= 15 is 0 Å². The van der Waals surface area contributed by atoms with Crippen LogP contribution in [0.25, 0.3) is 17.3 Å². The van der Waals surface area contributed by atoms with Crippen LogP contribution in [0.4, 0.5) is 0 Å². The predicted molar refractivity (Wildman–Crippen MR) is 72.4 cm³/mol. The van der Waals surface area contributed by atoms with E-state index in [1.165, 1.54) is 4.57 Å². The van der Waals surface area contributed by atoms with Crippen LogP contribution in [-0.2, 0) is 6.42 Å². The zero-order chi connectivity index (χ0) is 13.9. The van der Waals surface area contributed by atoms with E-state index in [9.17, 15) is 4.79 Å². The molecule has 20 heavy (non-hydrogen) atoms. The van der Waals surface area contributed by atoms with Gasteiger partial charge in [-0.05, 0) is 18.2 Å². The third-order valence-corrected chi connectivity index (χ3v) is 2.82. The van der Waals surface area contributed by atoms with Crippen LogP contribution < -0.4 is 5.69 Å². The summed E-state index contributed by atoms with van der Waals surface area (Å²) in [5.74, 6) is 1.66. The van der Waals surface area contributed by atoms with E-state index < -0.39 is 0 Å². The Morgan fingerprint density at radius 2 is 2.00 bits per heavy atom. The molecule has 0 saturated carbocycles. The lowest BCUT2D eigenvalue weighted by atomic mass is 10.3. The van der Waals surface area contributed by atoms with Crippen LogP contribution >= 0.6 is 0 Å². The number of pyridine rings is 1. The van der Waals surface area contributed by atoms with Crippen molar-refractivity contribution in [2.45, 2.75) is 13.3 Å². The largest absolute Gasteiger partial charge is 0.349 e. The van der Waals surface area contributed by atoms with Gasteiger partial charge in [-0.2, -0.15) is 5.10 Å². The molecule has 0 radical (unpaired) electrons. The molecule has 0 aromatic carbocycles. The third kappa shape index (κ3) is 2.09. The van der Waals surface area contributed by atoms with E-state index in [0.717, 1.165) is 0 Å². The summed E-state index contributed by atoms with van der Waals surface area (Å²) in [6.45, 7) is 1.93. The van der Waals surface area contributed by atoms with Gasteiger partial charge in [-0.15, -0.1) is 0 Å². The average molecular weight is 268 g/mol. The second-order valence-electron chi connectivity index (χ2n) is 4.09. The van der Waals surface area contributed by atoms with Crippen molar-refractivity contribution in [2.75, 3.05) is 0 Å². The predicted octanol–water partition coefficient (Wildman–Crippen LogP) is 0.975. The van der Waals surface area contributed by atoms with Crippen LogP contribution in [0.5, 0.6) is 0 Å². The van der Waals surface area contributed by atoms with Crippen LogP contribution in [0.3, 0.4) is 0 Å². The van der Waals surface area contributed by atoms with Gasteiger partial charge in [0.25, 0.3) is 0 Å². The molecule has 3 aromatic rings. The molecule has 7 heteroatoms. The van der Waals surface area contributed by atoms with E-state index in [2.05, 4.69) is 25.1 Å². The van der Waals surface area contributed by atoms with Crippen LogP contribution in [-0.4, -0.2) is 29.7 Å². The molecule has 0 aliphatic heterocycles. The van der Waals surface area contributed by atoms with E-state index in [1.54, 1.807) is 30.6 Å². The molecule has 0 unspecified atom stereocenters. The van der Waals surface area contributed by atoms with E-state index in [1.807, 2.05) is 13.0 Å². The Morgan fingerprint density at radius 3 is 2.75 bits per heavy atom. The van der Waals surface area contributed by atoms with Crippen molar-refractivity contribution in [2.24, 2.45) is 0 Å². The van der Waals surface area contributed by atoms with Gasteiger partial charge in [0.05, 0.1) is 0 Å². The number of rotatable bonds is 3. The topological polar surface area (TPSA) is 89.4 Å². The summed E-state index contributed by atoms with van der Waals surface area (Å²) in [6.07, 6.45) is 3.93. The Bertz CT molecular complexity index is 777. The SMILES string of the molecule is CCc1n[nH]c(=O)n1-c1cccc(-c2ncccn2)n1. The lowest BCUT2D eigenvalue weighted by Crippen LogP contribution is -2.18. The number of hydrogen-bond acceptors (Lipinski definition) is 5. The Labute approximate surface area is 114 Å². The first-order chi connectivity index (χ1) is 9.79. The zero-order valence-electron chi connectivity index (χ0n) is 10.8. The van der Waals surface area contributed by atoms with Crippen molar-refractivity contribution in [1.82, 2.24) is 29.7 Å². The first-order valence-corrected chi connectivity index (χ1v) is 6.20. The highest BCUT2D eigenvalue weighted by Gasteiger charge is 2.11. The lowest BCUT2D eigenvalue weighted by molar-refractivity contribution is 0.849.